The Balaban J connectivity index is 4.16. The largest absolute Gasteiger partial charge is 0.383 e. The predicted octanol–water partition coefficient (Wildman–Crippen LogP) is 0.217. The SMILES string of the molecule is COCCN(C(=O)C(C)N)C(C)C. The van der Waals surface area contributed by atoms with Crippen molar-refractivity contribution in [2.45, 2.75) is 32.9 Å². The number of carbonyl (C=O) groups excluding carboxylic acids is 1. The number of nitrogens with zero attached hydrogens (tertiary/aromatic N) is 1. The van der Waals surface area contributed by atoms with E-state index in [9.17, 15) is 4.79 Å². The molecule has 0 saturated heterocycles. The van der Waals surface area contributed by atoms with Crippen LogP contribution in [0.15, 0.2) is 0 Å². The van der Waals surface area contributed by atoms with Crippen molar-refractivity contribution >= 4 is 5.91 Å². The molecule has 13 heavy (non-hydrogen) atoms. The summed E-state index contributed by atoms with van der Waals surface area (Å²) in [5, 5.41) is 0. The zero-order valence-electron chi connectivity index (χ0n) is 8.91. The van der Waals surface area contributed by atoms with Crippen LogP contribution in [0.2, 0.25) is 0 Å². The van der Waals surface area contributed by atoms with Crippen molar-refractivity contribution in [1.29, 1.82) is 0 Å². The van der Waals surface area contributed by atoms with Gasteiger partial charge in [-0.15, -0.1) is 0 Å². The molecule has 0 rings (SSSR count). The second kappa shape index (κ2) is 5.94. The number of nitrogens with two attached hydrogens (primary N) is 1. The Bertz CT molecular complexity index is 158. The first-order chi connectivity index (χ1) is 6.00. The maximum atomic E-state index is 11.5. The highest BCUT2D eigenvalue weighted by atomic mass is 16.5. The molecule has 0 radical (unpaired) electrons. The fraction of sp³-hybridized carbons (Fsp3) is 0.889. The van der Waals surface area contributed by atoms with Crippen molar-refractivity contribution in [3.63, 3.8) is 0 Å². The molecule has 0 aromatic heterocycles. The number of rotatable bonds is 5. The quantitative estimate of drug-likeness (QED) is 0.671. The second-order valence-electron chi connectivity index (χ2n) is 3.41. The normalized spacial score (nSPS) is 13.1. The van der Waals surface area contributed by atoms with Gasteiger partial charge in [-0.05, 0) is 20.8 Å². The van der Waals surface area contributed by atoms with Crippen molar-refractivity contribution in [1.82, 2.24) is 4.90 Å². The molecule has 1 unspecified atom stereocenters. The van der Waals surface area contributed by atoms with E-state index in [1.54, 1.807) is 18.9 Å². The molecule has 0 aliphatic rings. The maximum Gasteiger partial charge on any atom is 0.239 e. The minimum absolute atomic E-state index is 0.0212. The van der Waals surface area contributed by atoms with E-state index in [-0.39, 0.29) is 11.9 Å². The molecule has 0 spiro atoms. The molecule has 0 aromatic rings. The minimum atomic E-state index is -0.431. The van der Waals surface area contributed by atoms with Crippen LogP contribution >= 0.6 is 0 Å². The first-order valence-electron chi connectivity index (χ1n) is 4.55. The van der Waals surface area contributed by atoms with Crippen LogP contribution in [0, 0.1) is 0 Å². The van der Waals surface area contributed by atoms with E-state index >= 15 is 0 Å². The van der Waals surface area contributed by atoms with Crippen molar-refractivity contribution in [2.75, 3.05) is 20.3 Å². The first kappa shape index (κ1) is 12.4. The number of methoxy groups -OCH3 is 1. The molecule has 0 bridgehead atoms. The number of carbonyl (C=O) groups is 1. The predicted molar refractivity (Wildman–Crippen MR) is 52.4 cm³/mol. The highest BCUT2D eigenvalue weighted by Gasteiger charge is 2.19. The van der Waals surface area contributed by atoms with Crippen LogP contribution in [0.25, 0.3) is 0 Å². The molecule has 0 heterocycles. The Morgan fingerprint density at radius 1 is 1.46 bits per heavy atom. The smallest absolute Gasteiger partial charge is 0.239 e. The molecule has 1 amide bonds. The van der Waals surface area contributed by atoms with E-state index in [2.05, 4.69) is 0 Å². The molecular weight excluding hydrogens is 168 g/mol. The first-order valence-corrected chi connectivity index (χ1v) is 4.55. The van der Waals surface area contributed by atoms with Crippen LogP contribution in [0.3, 0.4) is 0 Å². The second-order valence-corrected chi connectivity index (χ2v) is 3.41. The summed E-state index contributed by atoms with van der Waals surface area (Å²) in [7, 11) is 1.62. The Kier molecular flexibility index (Phi) is 5.66. The van der Waals surface area contributed by atoms with Crippen molar-refractivity contribution in [2.24, 2.45) is 5.73 Å². The van der Waals surface area contributed by atoms with Gasteiger partial charge in [0.15, 0.2) is 0 Å². The molecule has 4 heteroatoms. The third-order valence-electron chi connectivity index (χ3n) is 1.83. The topological polar surface area (TPSA) is 55.6 Å². The summed E-state index contributed by atoms with van der Waals surface area (Å²) in [5.74, 6) is -0.0212. The molecular formula is C9H20N2O2. The molecule has 0 aliphatic heterocycles. The van der Waals surface area contributed by atoms with Gasteiger partial charge in [-0.25, -0.2) is 0 Å². The van der Waals surface area contributed by atoms with Crippen molar-refractivity contribution < 1.29 is 9.53 Å². The average molecular weight is 188 g/mol. The van der Waals surface area contributed by atoms with Crippen LogP contribution in [0.4, 0.5) is 0 Å². The highest BCUT2D eigenvalue weighted by Crippen LogP contribution is 2.00. The average Bonchev–Trinajstić information content (AvgIpc) is 2.04. The highest BCUT2D eigenvalue weighted by molar-refractivity contribution is 5.81. The number of hydrogen-bond acceptors (Lipinski definition) is 3. The lowest BCUT2D eigenvalue weighted by Crippen LogP contribution is -2.46. The van der Waals surface area contributed by atoms with Crippen molar-refractivity contribution in [3.05, 3.63) is 0 Å². The third kappa shape index (κ3) is 4.24. The Morgan fingerprint density at radius 2 is 2.00 bits per heavy atom. The van der Waals surface area contributed by atoms with Gasteiger partial charge < -0.3 is 15.4 Å². The van der Waals surface area contributed by atoms with Gasteiger partial charge in [0.2, 0.25) is 5.91 Å². The van der Waals surface area contributed by atoms with Crippen LogP contribution in [-0.4, -0.2) is 43.2 Å². The molecule has 0 aromatic carbocycles. The van der Waals surface area contributed by atoms with Crippen LogP contribution in [0.5, 0.6) is 0 Å². The van der Waals surface area contributed by atoms with E-state index in [1.165, 1.54) is 0 Å². The van der Waals surface area contributed by atoms with E-state index in [0.717, 1.165) is 0 Å². The number of amides is 1. The van der Waals surface area contributed by atoms with E-state index < -0.39 is 6.04 Å². The maximum absolute atomic E-state index is 11.5. The summed E-state index contributed by atoms with van der Waals surface area (Å²) in [6, 6.07) is -0.257. The zero-order chi connectivity index (χ0) is 10.4. The van der Waals surface area contributed by atoms with Crippen LogP contribution in [-0.2, 0) is 9.53 Å². The summed E-state index contributed by atoms with van der Waals surface area (Å²) in [4.78, 5) is 13.3. The molecule has 4 nitrogen and oxygen atoms in total. The van der Waals surface area contributed by atoms with Crippen LogP contribution < -0.4 is 5.73 Å². The Morgan fingerprint density at radius 3 is 2.31 bits per heavy atom. The molecule has 1 atom stereocenters. The summed E-state index contributed by atoms with van der Waals surface area (Å²) < 4.78 is 4.92. The summed E-state index contributed by atoms with van der Waals surface area (Å²) in [6.45, 7) is 6.79. The van der Waals surface area contributed by atoms with E-state index in [1.807, 2.05) is 13.8 Å². The van der Waals surface area contributed by atoms with Gasteiger partial charge in [0.25, 0.3) is 0 Å². The van der Waals surface area contributed by atoms with Crippen molar-refractivity contribution in [3.8, 4) is 0 Å². The van der Waals surface area contributed by atoms with Gasteiger partial charge in [0.05, 0.1) is 12.6 Å². The minimum Gasteiger partial charge on any atom is -0.383 e. The van der Waals surface area contributed by atoms with E-state index in [4.69, 9.17) is 10.5 Å². The van der Waals surface area contributed by atoms with Gasteiger partial charge >= 0.3 is 0 Å². The zero-order valence-corrected chi connectivity index (χ0v) is 8.91. The van der Waals surface area contributed by atoms with Gasteiger partial charge in [0.1, 0.15) is 0 Å². The molecule has 0 aliphatic carbocycles. The Labute approximate surface area is 80.0 Å². The Hall–Kier alpha value is -0.610. The third-order valence-corrected chi connectivity index (χ3v) is 1.83. The lowest BCUT2D eigenvalue weighted by Gasteiger charge is -2.27. The number of ether oxygens (including phenoxy) is 1. The fourth-order valence-corrected chi connectivity index (χ4v) is 1.07. The van der Waals surface area contributed by atoms with Crippen LogP contribution in [0.1, 0.15) is 20.8 Å². The monoisotopic (exact) mass is 188 g/mol. The molecule has 0 saturated carbocycles. The van der Waals surface area contributed by atoms with Gasteiger partial charge in [-0.3, -0.25) is 4.79 Å². The number of hydrogen-bond donors (Lipinski definition) is 1. The lowest BCUT2D eigenvalue weighted by molar-refractivity contribution is -0.134. The molecule has 2 N–H and O–H groups in total. The van der Waals surface area contributed by atoms with Gasteiger partial charge in [0, 0.05) is 19.7 Å². The summed E-state index contributed by atoms with van der Waals surface area (Å²) >= 11 is 0. The fourth-order valence-electron chi connectivity index (χ4n) is 1.07. The van der Waals surface area contributed by atoms with Gasteiger partial charge in [-0.2, -0.15) is 0 Å². The standard InChI is InChI=1S/C9H20N2O2/c1-7(2)11(5-6-13-4)9(12)8(3)10/h7-8H,5-6,10H2,1-4H3. The molecule has 78 valence electrons. The summed E-state index contributed by atoms with van der Waals surface area (Å²) in [5.41, 5.74) is 5.51. The molecule has 0 fully saturated rings. The van der Waals surface area contributed by atoms with Gasteiger partial charge in [-0.1, -0.05) is 0 Å². The van der Waals surface area contributed by atoms with E-state index in [0.29, 0.717) is 13.2 Å². The lowest BCUT2D eigenvalue weighted by atomic mass is 10.2. The summed E-state index contributed by atoms with van der Waals surface area (Å²) in [6.07, 6.45) is 0.